The lowest BCUT2D eigenvalue weighted by molar-refractivity contribution is -0.125. The summed E-state index contributed by atoms with van der Waals surface area (Å²) in [6, 6.07) is 20.6. The van der Waals surface area contributed by atoms with Gasteiger partial charge in [0.2, 0.25) is 5.91 Å². The standard InChI is InChI=1S/C24H22N2O2S/c27-22(15-14-20-12-7-17-29-20)25-23(19-9-2-1-3-10-19)24(28)26-16-6-11-18-8-4-5-13-21(18)26/h1-5,7-10,12-15,17,23H,6,11,16H2,(H,25,27)/b15-14+/t23-/m0/s1. The van der Waals surface area contributed by atoms with Crippen LogP contribution < -0.4 is 10.2 Å². The molecule has 146 valence electrons. The molecule has 0 spiro atoms. The number of benzene rings is 2. The molecule has 1 N–H and O–H groups in total. The van der Waals surface area contributed by atoms with Gasteiger partial charge in [-0.1, -0.05) is 54.6 Å². The van der Waals surface area contributed by atoms with Crippen molar-refractivity contribution in [1.82, 2.24) is 5.32 Å². The molecule has 3 aromatic rings. The smallest absolute Gasteiger partial charge is 0.254 e. The first-order valence-electron chi connectivity index (χ1n) is 9.69. The zero-order valence-corrected chi connectivity index (χ0v) is 16.8. The summed E-state index contributed by atoms with van der Waals surface area (Å²) in [5.41, 5.74) is 2.88. The fourth-order valence-electron chi connectivity index (χ4n) is 3.59. The normalized spacial score (nSPS) is 14.4. The van der Waals surface area contributed by atoms with Gasteiger partial charge in [0.15, 0.2) is 0 Å². The summed E-state index contributed by atoms with van der Waals surface area (Å²) in [7, 11) is 0. The lowest BCUT2D eigenvalue weighted by Gasteiger charge is -2.32. The van der Waals surface area contributed by atoms with E-state index in [1.807, 2.05) is 66.0 Å². The van der Waals surface area contributed by atoms with Crippen molar-refractivity contribution >= 4 is 34.9 Å². The average Bonchev–Trinajstić information content (AvgIpc) is 3.29. The van der Waals surface area contributed by atoms with Crippen LogP contribution >= 0.6 is 11.3 Å². The number of aryl methyl sites for hydroxylation is 1. The summed E-state index contributed by atoms with van der Waals surface area (Å²) in [4.78, 5) is 28.9. The Bertz CT molecular complexity index is 1010. The second-order valence-electron chi connectivity index (χ2n) is 6.92. The number of nitrogens with one attached hydrogen (secondary N) is 1. The van der Waals surface area contributed by atoms with Crippen LogP contribution in [0.4, 0.5) is 5.69 Å². The highest BCUT2D eigenvalue weighted by molar-refractivity contribution is 7.10. The van der Waals surface area contributed by atoms with Gasteiger partial charge in [-0.05, 0) is 47.6 Å². The number of fused-ring (bicyclic) bond motifs is 1. The molecular weight excluding hydrogens is 380 g/mol. The van der Waals surface area contributed by atoms with Gasteiger partial charge in [0.25, 0.3) is 5.91 Å². The number of hydrogen-bond donors (Lipinski definition) is 1. The van der Waals surface area contributed by atoms with Crippen LogP contribution in [0.1, 0.15) is 28.5 Å². The fraction of sp³-hybridized carbons (Fsp3) is 0.167. The maximum Gasteiger partial charge on any atom is 0.254 e. The molecule has 1 aromatic heterocycles. The molecular formula is C24H22N2O2S. The second kappa shape index (κ2) is 8.88. The topological polar surface area (TPSA) is 49.4 Å². The Kier molecular flexibility index (Phi) is 5.86. The molecule has 0 unspecified atom stereocenters. The minimum absolute atomic E-state index is 0.110. The second-order valence-corrected chi connectivity index (χ2v) is 7.90. The van der Waals surface area contributed by atoms with Gasteiger partial charge >= 0.3 is 0 Å². The summed E-state index contributed by atoms with van der Waals surface area (Å²) in [5, 5.41) is 4.87. The Morgan fingerprint density at radius 1 is 1.00 bits per heavy atom. The summed E-state index contributed by atoms with van der Waals surface area (Å²) in [5.74, 6) is -0.396. The minimum atomic E-state index is -0.733. The quantitative estimate of drug-likeness (QED) is 0.634. The Balaban J connectivity index is 1.60. The van der Waals surface area contributed by atoms with Crippen LogP contribution in [-0.2, 0) is 16.0 Å². The molecule has 0 radical (unpaired) electrons. The van der Waals surface area contributed by atoms with E-state index in [4.69, 9.17) is 0 Å². The number of nitrogens with zero attached hydrogens (tertiary/aromatic N) is 1. The maximum atomic E-state index is 13.5. The van der Waals surface area contributed by atoms with Gasteiger partial charge in [-0.2, -0.15) is 0 Å². The minimum Gasteiger partial charge on any atom is -0.337 e. The molecule has 5 heteroatoms. The van der Waals surface area contributed by atoms with Gasteiger partial charge in [-0.15, -0.1) is 11.3 Å². The summed E-state index contributed by atoms with van der Waals surface area (Å²) >= 11 is 1.56. The van der Waals surface area contributed by atoms with Crippen molar-refractivity contribution in [1.29, 1.82) is 0 Å². The van der Waals surface area contributed by atoms with Crippen molar-refractivity contribution in [2.24, 2.45) is 0 Å². The van der Waals surface area contributed by atoms with Crippen molar-refractivity contribution in [3.05, 3.63) is 94.2 Å². The first-order valence-corrected chi connectivity index (χ1v) is 10.6. The van der Waals surface area contributed by atoms with Crippen molar-refractivity contribution in [3.8, 4) is 0 Å². The number of amides is 2. The first-order chi connectivity index (χ1) is 14.2. The molecule has 4 rings (SSSR count). The highest BCUT2D eigenvalue weighted by Crippen LogP contribution is 2.29. The molecule has 0 bridgehead atoms. The van der Waals surface area contributed by atoms with Crippen molar-refractivity contribution in [2.45, 2.75) is 18.9 Å². The monoisotopic (exact) mass is 402 g/mol. The van der Waals surface area contributed by atoms with E-state index in [1.54, 1.807) is 22.3 Å². The number of carbonyl (C=O) groups is 2. The van der Waals surface area contributed by atoms with E-state index in [2.05, 4.69) is 11.4 Å². The molecule has 0 fully saturated rings. The van der Waals surface area contributed by atoms with Gasteiger partial charge in [-0.3, -0.25) is 9.59 Å². The molecule has 2 heterocycles. The number of anilines is 1. The number of rotatable bonds is 5. The van der Waals surface area contributed by atoms with Crippen LogP contribution in [0.25, 0.3) is 6.08 Å². The van der Waals surface area contributed by atoms with Gasteiger partial charge in [0.1, 0.15) is 6.04 Å². The molecule has 29 heavy (non-hydrogen) atoms. The molecule has 0 aliphatic carbocycles. The van der Waals surface area contributed by atoms with E-state index in [0.29, 0.717) is 6.54 Å². The van der Waals surface area contributed by atoms with Gasteiger partial charge in [0.05, 0.1) is 0 Å². The lowest BCUT2D eigenvalue weighted by atomic mass is 9.99. The van der Waals surface area contributed by atoms with E-state index >= 15 is 0 Å². The fourth-order valence-corrected chi connectivity index (χ4v) is 4.20. The van der Waals surface area contributed by atoms with E-state index in [1.165, 1.54) is 11.6 Å². The lowest BCUT2D eigenvalue weighted by Crippen LogP contribution is -2.44. The third-order valence-electron chi connectivity index (χ3n) is 4.98. The SMILES string of the molecule is O=C(/C=C/c1cccs1)N[C@H](C(=O)N1CCCc2ccccc21)c1ccccc1. The molecule has 4 nitrogen and oxygen atoms in total. The Morgan fingerprint density at radius 2 is 1.79 bits per heavy atom. The predicted molar refractivity (Wildman–Crippen MR) is 118 cm³/mol. The third-order valence-corrected chi connectivity index (χ3v) is 5.82. The highest BCUT2D eigenvalue weighted by atomic mass is 32.1. The maximum absolute atomic E-state index is 13.5. The van der Waals surface area contributed by atoms with Gasteiger partial charge in [-0.25, -0.2) is 0 Å². The Labute approximate surface area is 174 Å². The summed E-state index contributed by atoms with van der Waals surface area (Å²) < 4.78 is 0. The molecule has 1 aliphatic heterocycles. The number of carbonyl (C=O) groups excluding carboxylic acids is 2. The van der Waals surface area contributed by atoms with Crippen molar-refractivity contribution in [3.63, 3.8) is 0 Å². The zero-order valence-electron chi connectivity index (χ0n) is 16.0. The molecule has 0 saturated heterocycles. The van der Waals surface area contributed by atoms with Crippen molar-refractivity contribution < 1.29 is 9.59 Å². The third kappa shape index (κ3) is 4.46. The van der Waals surface area contributed by atoms with Crippen molar-refractivity contribution in [2.75, 3.05) is 11.4 Å². The Hall–Kier alpha value is -3.18. The highest BCUT2D eigenvalue weighted by Gasteiger charge is 2.30. The largest absolute Gasteiger partial charge is 0.337 e. The van der Waals surface area contributed by atoms with E-state index in [9.17, 15) is 9.59 Å². The van der Waals surface area contributed by atoms with Crippen LogP contribution in [-0.4, -0.2) is 18.4 Å². The average molecular weight is 403 g/mol. The number of hydrogen-bond acceptors (Lipinski definition) is 3. The molecule has 1 aliphatic rings. The van der Waals surface area contributed by atoms with Crippen LogP contribution in [0.2, 0.25) is 0 Å². The van der Waals surface area contributed by atoms with Gasteiger partial charge in [0, 0.05) is 23.2 Å². The summed E-state index contributed by atoms with van der Waals surface area (Å²) in [6.45, 7) is 0.653. The van der Waals surface area contributed by atoms with Gasteiger partial charge < -0.3 is 10.2 Å². The zero-order chi connectivity index (χ0) is 20.1. The first kappa shape index (κ1) is 19.2. The number of para-hydroxylation sites is 1. The Morgan fingerprint density at radius 3 is 2.59 bits per heavy atom. The number of thiophene rings is 1. The summed E-state index contributed by atoms with van der Waals surface area (Å²) in [6.07, 6.45) is 5.13. The predicted octanol–water partition coefficient (Wildman–Crippen LogP) is 4.60. The molecule has 1 atom stereocenters. The van der Waals surface area contributed by atoms with Crippen LogP contribution in [0.15, 0.2) is 78.2 Å². The van der Waals surface area contributed by atoms with Crippen LogP contribution in [0.3, 0.4) is 0 Å². The van der Waals surface area contributed by atoms with E-state index in [-0.39, 0.29) is 11.8 Å². The van der Waals surface area contributed by atoms with Crippen LogP contribution in [0, 0.1) is 0 Å². The van der Waals surface area contributed by atoms with E-state index in [0.717, 1.165) is 29.0 Å². The van der Waals surface area contributed by atoms with Crippen LogP contribution in [0.5, 0.6) is 0 Å². The molecule has 2 amide bonds. The van der Waals surface area contributed by atoms with E-state index < -0.39 is 6.04 Å². The molecule has 2 aromatic carbocycles. The molecule has 0 saturated carbocycles.